The minimum Gasteiger partial charge on any atom is -0.353 e. The number of benzene rings is 1. The predicted octanol–water partition coefficient (Wildman–Crippen LogP) is 2.37. The van der Waals surface area contributed by atoms with Crippen LogP contribution in [-0.4, -0.2) is 12.5 Å². The van der Waals surface area contributed by atoms with Crippen LogP contribution in [0.2, 0.25) is 0 Å². The molecule has 0 aliphatic rings. The van der Waals surface area contributed by atoms with Gasteiger partial charge < -0.3 is 5.32 Å². The van der Waals surface area contributed by atoms with E-state index in [0.717, 1.165) is 6.42 Å². The third-order valence-corrected chi connectivity index (χ3v) is 1.87. The van der Waals surface area contributed by atoms with Gasteiger partial charge in [0.15, 0.2) is 0 Å². The third kappa shape index (κ3) is 3.94. The molecule has 0 aliphatic heterocycles. The summed E-state index contributed by atoms with van der Waals surface area (Å²) in [6.07, 6.45) is 3.70. The molecule has 0 saturated carbocycles. The number of halogens is 1. The maximum absolute atomic E-state index is 13.1. The lowest BCUT2D eigenvalue weighted by atomic mass is 10.2. The fourth-order valence-corrected chi connectivity index (χ4v) is 1.08. The van der Waals surface area contributed by atoms with Crippen LogP contribution >= 0.6 is 0 Å². The van der Waals surface area contributed by atoms with Gasteiger partial charge in [0.1, 0.15) is 5.82 Å². The van der Waals surface area contributed by atoms with E-state index in [9.17, 15) is 9.18 Å². The summed E-state index contributed by atoms with van der Waals surface area (Å²) in [5, 5.41) is 2.67. The van der Waals surface area contributed by atoms with E-state index in [1.54, 1.807) is 18.2 Å². The molecule has 15 heavy (non-hydrogen) atoms. The highest BCUT2D eigenvalue weighted by atomic mass is 19.1. The molecule has 1 aromatic carbocycles. The van der Waals surface area contributed by atoms with E-state index < -0.39 is 0 Å². The van der Waals surface area contributed by atoms with E-state index in [4.69, 9.17) is 0 Å². The molecule has 0 saturated heterocycles. The van der Waals surface area contributed by atoms with E-state index in [0.29, 0.717) is 12.1 Å². The van der Waals surface area contributed by atoms with E-state index in [-0.39, 0.29) is 11.7 Å². The fourth-order valence-electron chi connectivity index (χ4n) is 1.08. The second kappa shape index (κ2) is 5.96. The summed E-state index contributed by atoms with van der Waals surface area (Å²) in [4.78, 5) is 11.2. The summed E-state index contributed by atoms with van der Waals surface area (Å²) < 4.78 is 13.1. The van der Waals surface area contributed by atoms with Gasteiger partial charge in [-0.3, -0.25) is 4.79 Å². The van der Waals surface area contributed by atoms with Crippen LogP contribution in [0.15, 0.2) is 30.3 Å². The minimum absolute atomic E-state index is 0.194. The lowest BCUT2D eigenvalue weighted by Crippen LogP contribution is -2.21. The molecule has 80 valence electrons. The normalized spacial score (nSPS) is 10.5. The molecule has 2 nitrogen and oxygen atoms in total. The lowest BCUT2D eigenvalue weighted by molar-refractivity contribution is -0.116. The fraction of sp³-hybridized carbons (Fsp3) is 0.250. The Hall–Kier alpha value is -1.64. The van der Waals surface area contributed by atoms with Crippen LogP contribution in [0.4, 0.5) is 4.39 Å². The van der Waals surface area contributed by atoms with Crippen LogP contribution in [-0.2, 0) is 4.79 Å². The average molecular weight is 207 g/mol. The smallest absolute Gasteiger partial charge is 0.244 e. The van der Waals surface area contributed by atoms with Crippen molar-refractivity contribution in [3.05, 3.63) is 41.7 Å². The van der Waals surface area contributed by atoms with Crippen molar-refractivity contribution in [3.8, 4) is 0 Å². The predicted molar refractivity (Wildman–Crippen MR) is 58.7 cm³/mol. The molecule has 1 aromatic rings. The first kappa shape index (κ1) is 11.4. The Balaban J connectivity index is 2.58. The Kier molecular flexibility index (Phi) is 4.54. The van der Waals surface area contributed by atoms with Crippen LogP contribution in [0.1, 0.15) is 18.9 Å². The molecule has 0 unspecified atom stereocenters. The summed E-state index contributed by atoms with van der Waals surface area (Å²) in [6, 6.07) is 6.33. The summed E-state index contributed by atoms with van der Waals surface area (Å²) in [5.41, 5.74) is 0.421. The van der Waals surface area contributed by atoms with E-state index in [1.807, 2.05) is 6.92 Å². The van der Waals surface area contributed by atoms with Crippen molar-refractivity contribution in [1.82, 2.24) is 5.32 Å². The molecule has 0 heterocycles. The van der Waals surface area contributed by atoms with Gasteiger partial charge in [-0.2, -0.15) is 0 Å². The Morgan fingerprint density at radius 3 is 2.87 bits per heavy atom. The zero-order chi connectivity index (χ0) is 11.1. The Morgan fingerprint density at radius 1 is 1.47 bits per heavy atom. The van der Waals surface area contributed by atoms with Crippen molar-refractivity contribution in [1.29, 1.82) is 0 Å². The molecule has 1 N–H and O–H groups in total. The van der Waals surface area contributed by atoms with Crippen molar-refractivity contribution in [3.63, 3.8) is 0 Å². The Labute approximate surface area is 88.8 Å². The molecule has 0 spiro atoms. The largest absolute Gasteiger partial charge is 0.353 e. The van der Waals surface area contributed by atoms with Gasteiger partial charge in [0, 0.05) is 18.2 Å². The number of hydrogen-bond acceptors (Lipinski definition) is 1. The number of carbonyl (C=O) groups excluding carboxylic acids is 1. The van der Waals surface area contributed by atoms with Gasteiger partial charge in [-0.15, -0.1) is 0 Å². The van der Waals surface area contributed by atoms with Crippen molar-refractivity contribution in [2.24, 2.45) is 0 Å². The van der Waals surface area contributed by atoms with Crippen LogP contribution in [0.3, 0.4) is 0 Å². The number of rotatable bonds is 4. The molecular formula is C12H14FNO. The standard InChI is InChI=1S/C12H14FNO/c1-2-9-14-12(15)8-7-10-5-3-4-6-11(10)13/h3-8H,2,9H2,1H3,(H,14,15)/b8-7+. The zero-order valence-corrected chi connectivity index (χ0v) is 8.66. The molecule has 0 aromatic heterocycles. The molecular weight excluding hydrogens is 193 g/mol. The summed E-state index contributed by atoms with van der Waals surface area (Å²) in [6.45, 7) is 2.61. The van der Waals surface area contributed by atoms with Crippen molar-refractivity contribution >= 4 is 12.0 Å². The van der Waals surface area contributed by atoms with Crippen LogP contribution in [0.5, 0.6) is 0 Å². The lowest BCUT2D eigenvalue weighted by Gasteiger charge is -1.98. The third-order valence-electron chi connectivity index (χ3n) is 1.87. The first-order valence-electron chi connectivity index (χ1n) is 4.94. The summed E-state index contributed by atoms with van der Waals surface area (Å²) in [7, 11) is 0. The highest BCUT2D eigenvalue weighted by Crippen LogP contribution is 2.07. The number of carbonyl (C=O) groups is 1. The molecule has 0 fully saturated rings. The highest BCUT2D eigenvalue weighted by Gasteiger charge is 1.97. The molecule has 1 amide bonds. The average Bonchev–Trinajstić information content (AvgIpc) is 2.25. The molecule has 3 heteroatoms. The number of nitrogens with one attached hydrogen (secondary N) is 1. The van der Waals surface area contributed by atoms with Gasteiger partial charge in [0.05, 0.1) is 0 Å². The molecule has 0 atom stereocenters. The monoisotopic (exact) mass is 207 g/mol. The molecule has 0 aliphatic carbocycles. The summed E-state index contributed by atoms with van der Waals surface area (Å²) in [5.74, 6) is -0.517. The van der Waals surface area contributed by atoms with E-state index in [1.165, 1.54) is 18.2 Å². The number of hydrogen-bond donors (Lipinski definition) is 1. The van der Waals surface area contributed by atoms with Crippen molar-refractivity contribution in [2.45, 2.75) is 13.3 Å². The van der Waals surface area contributed by atoms with Gasteiger partial charge in [-0.1, -0.05) is 25.1 Å². The Morgan fingerprint density at radius 2 is 2.20 bits per heavy atom. The molecule has 0 bridgehead atoms. The van der Waals surface area contributed by atoms with E-state index >= 15 is 0 Å². The van der Waals surface area contributed by atoms with Gasteiger partial charge in [0.25, 0.3) is 0 Å². The van der Waals surface area contributed by atoms with Crippen LogP contribution < -0.4 is 5.32 Å². The topological polar surface area (TPSA) is 29.1 Å². The maximum Gasteiger partial charge on any atom is 0.244 e. The second-order valence-corrected chi connectivity index (χ2v) is 3.15. The van der Waals surface area contributed by atoms with Gasteiger partial charge in [0.2, 0.25) is 5.91 Å². The zero-order valence-electron chi connectivity index (χ0n) is 8.66. The minimum atomic E-state index is -0.322. The number of amides is 1. The van der Waals surface area contributed by atoms with Gasteiger partial charge >= 0.3 is 0 Å². The second-order valence-electron chi connectivity index (χ2n) is 3.15. The van der Waals surface area contributed by atoms with Crippen molar-refractivity contribution in [2.75, 3.05) is 6.54 Å². The highest BCUT2D eigenvalue weighted by molar-refractivity contribution is 5.91. The van der Waals surface area contributed by atoms with Gasteiger partial charge in [-0.05, 0) is 18.6 Å². The van der Waals surface area contributed by atoms with Crippen molar-refractivity contribution < 1.29 is 9.18 Å². The van der Waals surface area contributed by atoms with E-state index in [2.05, 4.69) is 5.32 Å². The molecule has 0 radical (unpaired) electrons. The van der Waals surface area contributed by atoms with Gasteiger partial charge in [-0.25, -0.2) is 4.39 Å². The maximum atomic E-state index is 13.1. The van der Waals surface area contributed by atoms with Crippen LogP contribution in [0, 0.1) is 5.82 Å². The molecule has 1 rings (SSSR count). The Bertz CT molecular complexity index is 360. The quantitative estimate of drug-likeness (QED) is 0.754. The first-order chi connectivity index (χ1) is 7.24. The summed E-state index contributed by atoms with van der Waals surface area (Å²) >= 11 is 0. The first-order valence-corrected chi connectivity index (χ1v) is 4.94. The van der Waals surface area contributed by atoms with Crippen LogP contribution in [0.25, 0.3) is 6.08 Å². The SMILES string of the molecule is CCCNC(=O)/C=C/c1ccccc1F.